The molecule has 1 rings (SSSR count). The Morgan fingerprint density at radius 3 is 2.87 bits per heavy atom. The van der Waals surface area contributed by atoms with Crippen molar-refractivity contribution >= 4 is 17.3 Å². The first kappa shape index (κ1) is 12.1. The highest BCUT2D eigenvalue weighted by Gasteiger charge is 2.06. The standard InChI is InChI=1S/C10H14ClNO3/c1-15-10-3-2-7(11)4-9(10)12-5-8(14)6-13/h2-4,8,12-14H,5-6H2,1H3. The average molecular weight is 232 g/mol. The number of ether oxygens (including phenoxy) is 1. The number of hydrogen-bond donors (Lipinski definition) is 3. The Kier molecular flexibility index (Phi) is 4.68. The highest BCUT2D eigenvalue weighted by molar-refractivity contribution is 6.30. The third kappa shape index (κ3) is 3.58. The van der Waals surface area contributed by atoms with Crippen molar-refractivity contribution in [2.75, 3.05) is 25.6 Å². The normalized spacial score (nSPS) is 12.3. The van der Waals surface area contributed by atoms with Gasteiger partial charge in [-0.15, -0.1) is 0 Å². The number of aliphatic hydroxyl groups is 2. The van der Waals surface area contributed by atoms with E-state index in [1.54, 1.807) is 25.3 Å². The monoisotopic (exact) mass is 231 g/mol. The molecule has 15 heavy (non-hydrogen) atoms. The highest BCUT2D eigenvalue weighted by Crippen LogP contribution is 2.27. The second kappa shape index (κ2) is 5.80. The lowest BCUT2D eigenvalue weighted by Gasteiger charge is -2.13. The van der Waals surface area contributed by atoms with Gasteiger partial charge >= 0.3 is 0 Å². The van der Waals surface area contributed by atoms with Crippen LogP contribution in [0.2, 0.25) is 5.02 Å². The zero-order valence-electron chi connectivity index (χ0n) is 8.40. The number of nitrogens with one attached hydrogen (secondary N) is 1. The van der Waals surface area contributed by atoms with Crippen LogP contribution < -0.4 is 10.1 Å². The minimum atomic E-state index is -0.798. The number of anilines is 1. The molecule has 0 radical (unpaired) electrons. The Morgan fingerprint density at radius 1 is 1.53 bits per heavy atom. The van der Waals surface area contributed by atoms with Crippen LogP contribution in [-0.2, 0) is 0 Å². The van der Waals surface area contributed by atoms with Gasteiger partial charge in [-0.3, -0.25) is 0 Å². The summed E-state index contributed by atoms with van der Waals surface area (Å²) < 4.78 is 5.10. The Hall–Kier alpha value is -0.970. The van der Waals surface area contributed by atoms with Gasteiger partial charge in [0.15, 0.2) is 0 Å². The van der Waals surface area contributed by atoms with E-state index in [1.165, 1.54) is 0 Å². The van der Waals surface area contributed by atoms with Crippen LogP contribution in [0.1, 0.15) is 0 Å². The van der Waals surface area contributed by atoms with Crippen molar-refractivity contribution in [3.63, 3.8) is 0 Å². The third-order valence-electron chi connectivity index (χ3n) is 1.90. The first-order valence-electron chi connectivity index (χ1n) is 4.53. The molecule has 84 valence electrons. The van der Waals surface area contributed by atoms with Crippen molar-refractivity contribution in [2.45, 2.75) is 6.10 Å². The Bertz CT molecular complexity index is 320. The summed E-state index contributed by atoms with van der Waals surface area (Å²) in [5, 5.41) is 21.3. The van der Waals surface area contributed by atoms with E-state index in [1.807, 2.05) is 0 Å². The summed E-state index contributed by atoms with van der Waals surface area (Å²) in [7, 11) is 1.55. The van der Waals surface area contributed by atoms with Gasteiger partial charge in [-0.25, -0.2) is 0 Å². The molecule has 1 aromatic rings. The summed E-state index contributed by atoms with van der Waals surface area (Å²) in [6, 6.07) is 5.15. The first-order valence-corrected chi connectivity index (χ1v) is 4.91. The lowest BCUT2D eigenvalue weighted by molar-refractivity contribution is 0.105. The summed E-state index contributed by atoms with van der Waals surface area (Å²) >= 11 is 5.82. The van der Waals surface area contributed by atoms with Gasteiger partial charge in [0.1, 0.15) is 5.75 Å². The van der Waals surface area contributed by atoms with E-state index in [2.05, 4.69) is 5.32 Å². The molecule has 0 saturated heterocycles. The fourth-order valence-corrected chi connectivity index (χ4v) is 1.28. The van der Waals surface area contributed by atoms with Gasteiger partial charge in [0.25, 0.3) is 0 Å². The van der Waals surface area contributed by atoms with Gasteiger partial charge in [0.2, 0.25) is 0 Å². The Labute approximate surface area is 93.4 Å². The van der Waals surface area contributed by atoms with Crippen LogP contribution >= 0.6 is 11.6 Å². The van der Waals surface area contributed by atoms with E-state index >= 15 is 0 Å². The van der Waals surface area contributed by atoms with Gasteiger partial charge in [-0.05, 0) is 18.2 Å². The van der Waals surface area contributed by atoms with Crippen LogP contribution in [0.25, 0.3) is 0 Å². The fraction of sp³-hybridized carbons (Fsp3) is 0.400. The summed E-state index contributed by atoms with van der Waals surface area (Å²) in [6.07, 6.45) is -0.798. The Morgan fingerprint density at radius 2 is 2.27 bits per heavy atom. The molecule has 5 heteroatoms. The summed E-state index contributed by atoms with van der Waals surface area (Å²) in [5.41, 5.74) is 0.692. The van der Waals surface area contributed by atoms with Crippen molar-refractivity contribution in [3.05, 3.63) is 23.2 Å². The maximum Gasteiger partial charge on any atom is 0.142 e. The Balaban J connectivity index is 2.69. The highest BCUT2D eigenvalue weighted by atomic mass is 35.5. The second-order valence-electron chi connectivity index (χ2n) is 3.06. The van der Waals surface area contributed by atoms with Crippen LogP contribution in [0, 0.1) is 0 Å². The molecule has 0 fully saturated rings. The van der Waals surface area contributed by atoms with Crippen LogP contribution in [0.3, 0.4) is 0 Å². The molecule has 0 aliphatic rings. The smallest absolute Gasteiger partial charge is 0.142 e. The van der Waals surface area contributed by atoms with Crippen molar-refractivity contribution in [3.8, 4) is 5.75 Å². The lowest BCUT2D eigenvalue weighted by Crippen LogP contribution is -2.23. The molecule has 0 bridgehead atoms. The van der Waals surface area contributed by atoms with Crippen molar-refractivity contribution < 1.29 is 14.9 Å². The predicted octanol–water partition coefficient (Wildman–Crippen LogP) is 1.11. The predicted molar refractivity (Wildman–Crippen MR) is 59.6 cm³/mol. The van der Waals surface area contributed by atoms with Crippen molar-refractivity contribution in [2.24, 2.45) is 0 Å². The van der Waals surface area contributed by atoms with E-state index in [9.17, 15) is 0 Å². The maximum atomic E-state index is 9.17. The number of halogens is 1. The van der Waals surface area contributed by atoms with E-state index in [-0.39, 0.29) is 13.2 Å². The molecule has 1 atom stereocenters. The maximum absolute atomic E-state index is 9.17. The number of methoxy groups -OCH3 is 1. The average Bonchev–Trinajstić information content (AvgIpc) is 2.26. The van der Waals surface area contributed by atoms with Crippen LogP contribution in [0.5, 0.6) is 5.75 Å². The second-order valence-corrected chi connectivity index (χ2v) is 3.50. The molecule has 1 aromatic carbocycles. The minimum absolute atomic E-state index is 0.243. The molecular formula is C10H14ClNO3. The molecular weight excluding hydrogens is 218 g/mol. The van der Waals surface area contributed by atoms with Gasteiger partial charge in [-0.1, -0.05) is 11.6 Å². The van der Waals surface area contributed by atoms with Gasteiger partial charge < -0.3 is 20.3 Å². The van der Waals surface area contributed by atoms with Gasteiger partial charge in [0, 0.05) is 11.6 Å². The molecule has 0 spiro atoms. The van der Waals surface area contributed by atoms with E-state index in [0.717, 1.165) is 0 Å². The molecule has 4 nitrogen and oxygen atoms in total. The summed E-state index contributed by atoms with van der Waals surface area (Å²) in [5.74, 6) is 0.643. The number of aliphatic hydroxyl groups excluding tert-OH is 2. The molecule has 3 N–H and O–H groups in total. The van der Waals surface area contributed by atoms with Crippen LogP contribution in [0.4, 0.5) is 5.69 Å². The summed E-state index contributed by atoms with van der Waals surface area (Å²) in [6.45, 7) is -0.0386. The lowest BCUT2D eigenvalue weighted by atomic mass is 10.2. The zero-order chi connectivity index (χ0) is 11.3. The molecule has 0 aliphatic heterocycles. The quantitative estimate of drug-likeness (QED) is 0.711. The van der Waals surface area contributed by atoms with Crippen LogP contribution in [0.15, 0.2) is 18.2 Å². The third-order valence-corrected chi connectivity index (χ3v) is 2.14. The first-order chi connectivity index (χ1) is 7.17. The molecule has 0 heterocycles. The van der Waals surface area contributed by atoms with Crippen molar-refractivity contribution in [1.29, 1.82) is 0 Å². The zero-order valence-corrected chi connectivity index (χ0v) is 9.16. The number of hydrogen-bond acceptors (Lipinski definition) is 4. The van der Waals surface area contributed by atoms with Crippen molar-refractivity contribution in [1.82, 2.24) is 0 Å². The molecule has 0 amide bonds. The molecule has 0 aliphatic carbocycles. The van der Waals surface area contributed by atoms with E-state index in [4.69, 9.17) is 26.6 Å². The largest absolute Gasteiger partial charge is 0.495 e. The summed E-state index contributed by atoms with van der Waals surface area (Å²) in [4.78, 5) is 0. The SMILES string of the molecule is COc1ccc(Cl)cc1NCC(O)CO. The number of rotatable bonds is 5. The fourth-order valence-electron chi connectivity index (χ4n) is 1.11. The molecule has 0 saturated carbocycles. The van der Waals surface area contributed by atoms with Gasteiger partial charge in [-0.2, -0.15) is 0 Å². The number of benzene rings is 1. The van der Waals surface area contributed by atoms with Gasteiger partial charge in [0.05, 0.1) is 25.5 Å². The van der Waals surface area contributed by atoms with Crippen LogP contribution in [-0.4, -0.2) is 36.6 Å². The van der Waals surface area contributed by atoms with E-state index in [0.29, 0.717) is 16.5 Å². The molecule has 1 unspecified atom stereocenters. The molecule has 0 aromatic heterocycles. The van der Waals surface area contributed by atoms with E-state index < -0.39 is 6.10 Å². The topological polar surface area (TPSA) is 61.7 Å². The minimum Gasteiger partial charge on any atom is -0.495 e.